The smallest absolute Gasteiger partial charge is 0.306 e. The number of hydrogen-bond acceptors (Lipinski definition) is 6. The molecule has 80 heavy (non-hydrogen) atoms. The topological polar surface area (TPSA) is 78.9 Å². The predicted octanol–water partition coefficient (Wildman–Crippen LogP) is 24.7. The summed E-state index contributed by atoms with van der Waals surface area (Å²) in [6.07, 6.45) is 86.3. The van der Waals surface area contributed by atoms with Crippen molar-refractivity contribution in [3.8, 4) is 0 Å². The third-order valence-corrected chi connectivity index (χ3v) is 16.3. The van der Waals surface area contributed by atoms with Crippen molar-refractivity contribution in [1.29, 1.82) is 0 Å². The summed E-state index contributed by atoms with van der Waals surface area (Å²) in [5, 5.41) is 0. The van der Waals surface area contributed by atoms with Crippen LogP contribution < -0.4 is 0 Å². The van der Waals surface area contributed by atoms with E-state index in [1.807, 2.05) is 0 Å². The van der Waals surface area contributed by atoms with Crippen LogP contribution in [0.3, 0.4) is 0 Å². The van der Waals surface area contributed by atoms with Gasteiger partial charge in [-0.2, -0.15) is 0 Å². The highest BCUT2D eigenvalue weighted by atomic mass is 16.6. The molecule has 0 N–H and O–H groups in total. The van der Waals surface area contributed by atoms with E-state index in [0.29, 0.717) is 19.3 Å². The van der Waals surface area contributed by atoms with Crippen LogP contribution in [0.15, 0.2) is 36.5 Å². The fourth-order valence-electron chi connectivity index (χ4n) is 10.9. The molecule has 0 aromatic carbocycles. The molecular formula is C74H138O6. The third-order valence-electron chi connectivity index (χ3n) is 16.3. The number of carbonyl (C=O) groups is 3. The van der Waals surface area contributed by atoms with Crippen LogP contribution in [0.5, 0.6) is 0 Å². The normalized spacial score (nSPS) is 12.2. The quantitative estimate of drug-likeness (QED) is 0.0261. The van der Waals surface area contributed by atoms with E-state index in [-0.39, 0.29) is 31.1 Å². The molecule has 0 aliphatic carbocycles. The number of allylic oxidation sites excluding steroid dienone is 6. The average Bonchev–Trinajstić information content (AvgIpc) is 3.46. The van der Waals surface area contributed by atoms with Gasteiger partial charge in [-0.1, -0.05) is 327 Å². The number of rotatable bonds is 67. The van der Waals surface area contributed by atoms with E-state index in [9.17, 15) is 14.4 Å². The lowest BCUT2D eigenvalue weighted by atomic mass is 10.0. The summed E-state index contributed by atoms with van der Waals surface area (Å²) in [7, 11) is 0. The first-order valence-electron chi connectivity index (χ1n) is 36.0. The van der Waals surface area contributed by atoms with Gasteiger partial charge in [0.05, 0.1) is 0 Å². The number of carbonyl (C=O) groups excluding carboxylic acids is 3. The van der Waals surface area contributed by atoms with Gasteiger partial charge in [-0.05, 0) is 89.9 Å². The Balaban J connectivity index is 4.05. The van der Waals surface area contributed by atoms with E-state index < -0.39 is 6.10 Å². The Morgan fingerprint density at radius 2 is 0.438 bits per heavy atom. The molecule has 0 heterocycles. The van der Waals surface area contributed by atoms with Crippen molar-refractivity contribution < 1.29 is 28.6 Å². The minimum atomic E-state index is -0.774. The molecule has 0 aliphatic rings. The fraction of sp³-hybridized carbons (Fsp3) is 0.878. The van der Waals surface area contributed by atoms with E-state index in [2.05, 4.69) is 57.2 Å². The second-order valence-corrected chi connectivity index (χ2v) is 24.5. The maximum absolute atomic E-state index is 12.9. The fourth-order valence-corrected chi connectivity index (χ4v) is 10.9. The Bertz CT molecular complexity index is 1340. The lowest BCUT2D eigenvalue weighted by Crippen LogP contribution is -2.30. The SMILES string of the molecule is CCC/C=C\CCCCCCCC(=O)OCC(COC(=O)CCCCCCCCCCCCCCCCCCCCCCC/C=C\CCCCCCCCCC)OC(=O)CCCCCCCCCCC/C=C\CCCCCCCC. The molecule has 0 saturated carbocycles. The molecule has 6 heteroatoms. The predicted molar refractivity (Wildman–Crippen MR) is 349 cm³/mol. The van der Waals surface area contributed by atoms with Crippen LogP contribution in [0.4, 0.5) is 0 Å². The Morgan fingerprint density at radius 1 is 0.237 bits per heavy atom. The standard InChI is InChI=1S/C74H138O6/c1-4-7-10-13-16-19-22-24-26-28-30-31-32-33-34-35-36-37-38-39-40-41-42-43-45-46-48-50-52-55-58-61-64-67-73(76)79-70-71(69-78-72(75)66-63-60-57-54-21-18-15-12-9-6-3)80-74(77)68-65-62-59-56-53-51-49-47-44-29-27-25-23-20-17-14-11-8-5-2/h12,15,25,27-28,30,71H,4-11,13-14,16-24,26,29,31-70H2,1-3H3/b15-12-,27-25-,30-28-. The molecule has 0 aromatic rings. The molecule has 0 amide bonds. The van der Waals surface area contributed by atoms with Crippen LogP contribution in [-0.4, -0.2) is 37.2 Å². The van der Waals surface area contributed by atoms with Crippen molar-refractivity contribution in [1.82, 2.24) is 0 Å². The number of hydrogen-bond donors (Lipinski definition) is 0. The van der Waals surface area contributed by atoms with Gasteiger partial charge in [-0.15, -0.1) is 0 Å². The molecule has 0 rings (SSSR count). The van der Waals surface area contributed by atoms with Gasteiger partial charge in [-0.3, -0.25) is 14.4 Å². The third kappa shape index (κ3) is 66.4. The molecule has 6 nitrogen and oxygen atoms in total. The van der Waals surface area contributed by atoms with Crippen LogP contribution in [0.1, 0.15) is 400 Å². The molecule has 1 unspecified atom stereocenters. The molecule has 0 saturated heterocycles. The second-order valence-electron chi connectivity index (χ2n) is 24.5. The Kier molecular flexibility index (Phi) is 67.1. The molecule has 1 atom stereocenters. The van der Waals surface area contributed by atoms with E-state index in [1.54, 1.807) is 0 Å². The summed E-state index contributed by atoms with van der Waals surface area (Å²) in [4.78, 5) is 38.3. The van der Waals surface area contributed by atoms with E-state index in [0.717, 1.165) is 70.6 Å². The van der Waals surface area contributed by atoms with Gasteiger partial charge in [0.15, 0.2) is 6.10 Å². The molecule has 0 aromatic heterocycles. The van der Waals surface area contributed by atoms with Crippen LogP contribution >= 0.6 is 0 Å². The van der Waals surface area contributed by atoms with Crippen molar-refractivity contribution in [3.63, 3.8) is 0 Å². The summed E-state index contributed by atoms with van der Waals surface area (Å²) >= 11 is 0. The highest BCUT2D eigenvalue weighted by molar-refractivity contribution is 5.71. The molecular weight excluding hydrogens is 985 g/mol. The molecule has 0 radical (unpaired) electrons. The van der Waals surface area contributed by atoms with Crippen LogP contribution in [0.2, 0.25) is 0 Å². The van der Waals surface area contributed by atoms with E-state index in [4.69, 9.17) is 14.2 Å². The first-order chi connectivity index (χ1) is 39.5. The van der Waals surface area contributed by atoms with E-state index in [1.165, 1.54) is 289 Å². The minimum Gasteiger partial charge on any atom is -0.462 e. The highest BCUT2D eigenvalue weighted by Gasteiger charge is 2.19. The monoisotopic (exact) mass is 1120 g/mol. The summed E-state index contributed by atoms with van der Waals surface area (Å²) in [6, 6.07) is 0. The molecule has 470 valence electrons. The summed E-state index contributed by atoms with van der Waals surface area (Å²) in [6.45, 7) is 6.63. The van der Waals surface area contributed by atoms with E-state index >= 15 is 0 Å². The first-order valence-corrected chi connectivity index (χ1v) is 36.0. The largest absolute Gasteiger partial charge is 0.462 e. The number of esters is 3. The van der Waals surface area contributed by atoms with Gasteiger partial charge in [0.1, 0.15) is 13.2 Å². The molecule has 0 spiro atoms. The van der Waals surface area contributed by atoms with Crippen molar-refractivity contribution >= 4 is 17.9 Å². The van der Waals surface area contributed by atoms with Crippen LogP contribution in [0.25, 0.3) is 0 Å². The van der Waals surface area contributed by atoms with Gasteiger partial charge in [0.25, 0.3) is 0 Å². The Hall–Kier alpha value is -2.37. The van der Waals surface area contributed by atoms with Crippen LogP contribution in [-0.2, 0) is 28.6 Å². The van der Waals surface area contributed by atoms with Gasteiger partial charge in [0, 0.05) is 19.3 Å². The van der Waals surface area contributed by atoms with Gasteiger partial charge < -0.3 is 14.2 Å². The summed E-state index contributed by atoms with van der Waals surface area (Å²) in [5.41, 5.74) is 0. The maximum atomic E-state index is 12.9. The highest BCUT2D eigenvalue weighted by Crippen LogP contribution is 2.18. The van der Waals surface area contributed by atoms with Crippen molar-refractivity contribution in [2.24, 2.45) is 0 Å². The molecule has 0 aliphatic heterocycles. The van der Waals surface area contributed by atoms with Crippen molar-refractivity contribution in [2.45, 2.75) is 406 Å². The Morgan fingerprint density at radius 3 is 0.675 bits per heavy atom. The van der Waals surface area contributed by atoms with Gasteiger partial charge in [-0.25, -0.2) is 0 Å². The van der Waals surface area contributed by atoms with Crippen molar-refractivity contribution in [2.75, 3.05) is 13.2 Å². The maximum Gasteiger partial charge on any atom is 0.306 e. The summed E-state index contributed by atoms with van der Waals surface area (Å²) < 4.78 is 16.9. The zero-order valence-corrected chi connectivity index (χ0v) is 54.1. The average molecular weight is 1120 g/mol. The zero-order valence-electron chi connectivity index (χ0n) is 54.1. The molecule has 0 bridgehead atoms. The number of ether oxygens (including phenoxy) is 3. The van der Waals surface area contributed by atoms with Crippen LogP contribution in [0, 0.1) is 0 Å². The summed E-state index contributed by atoms with van der Waals surface area (Å²) in [5.74, 6) is -0.859. The minimum absolute atomic E-state index is 0.0711. The zero-order chi connectivity index (χ0) is 57.8. The first kappa shape index (κ1) is 77.6. The lowest BCUT2D eigenvalue weighted by molar-refractivity contribution is -0.167. The van der Waals surface area contributed by atoms with Gasteiger partial charge >= 0.3 is 17.9 Å². The Labute approximate surface area is 499 Å². The van der Waals surface area contributed by atoms with Gasteiger partial charge in [0.2, 0.25) is 0 Å². The number of unbranched alkanes of at least 4 members (excludes halogenated alkanes) is 50. The lowest BCUT2D eigenvalue weighted by Gasteiger charge is -2.18. The second kappa shape index (κ2) is 69.1. The van der Waals surface area contributed by atoms with Crippen molar-refractivity contribution in [3.05, 3.63) is 36.5 Å². The molecule has 0 fully saturated rings.